The van der Waals surface area contributed by atoms with Crippen molar-refractivity contribution < 1.29 is 0 Å². The second-order valence-electron chi connectivity index (χ2n) is 6.44. The summed E-state index contributed by atoms with van der Waals surface area (Å²) in [6.45, 7) is 3.44. The molecule has 0 aliphatic heterocycles. The van der Waals surface area contributed by atoms with E-state index in [-0.39, 0.29) is 24.8 Å². The van der Waals surface area contributed by atoms with Crippen LogP contribution in [0, 0.1) is 11.8 Å². The van der Waals surface area contributed by atoms with Gasteiger partial charge in [0.1, 0.15) is 0 Å². The molecule has 2 nitrogen and oxygen atoms in total. The van der Waals surface area contributed by atoms with Crippen LogP contribution in [-0.2, 0) is 0 Å². The van der Waals surface area contributed by atoms with E-state index in [9.17, 15) is 0 Å². The van der Waals surface area contributed by atoms with Crippen LogP contribution in [0.5, 0.6) is 0 Å². The van der Waals surface area contributed by atoms with Gasteiger partial charge in [-0.25, -0.2) is 0 Å². The molecule has 2 unspecified atom stereocenters. The fourth-order valence-electron chi connectivity index (χ4n) is 3.34. The summed E-state index contributed by atoms with van der Waals surface area (Å²) in [5, 5.41) is 3.73. The van der Waals surface area contributed by atoms with Gasteiger partial charge in [-0.2, -0.15) is 0 Å². The van der Waals surface area contributed by atoms with Gasteiger partial charge in [0.25, 0.3) is 0 Å². The van der Waals surface area contributed by atoms with Gasteiger partial charge < -0.3 is 11.1 Å². The maximum absolute atomic E-state index is 5.84. The zero-order valence-corrected chi connectivity index (χ0v) is 14.8. The predicted molar refractivity (Wildman–Crippen MR) is 99.8 cm³/mol. The fraction of sp³-hybridized carbons (Fsp3) is 0.556. The van der Waals surface area contributed by atoms with Crippen molar-refractivity contribution >= 4 is 30.9 Å². The van der Waals surface area contributed by atoms with E-state index in [4.69, 9.17) is 5.73 Å². The Labute approximate surface area is 146 Å². The van der Waals surface area contributed by atoms with E-state index >= 15 is 0 Å². The Kier molecular flexibility index (Phi) is 7.92. The number of halogens is 2. The monoisotopic (exact) mass is 342 g/mol. The lowest BCUT2D eigenvalue weighted by Gasteiger charge is -2.32. The molecule has 1 aromatic carbocycles. The van der Waals surface area contributed by atoms with Crippen LogP contribution in [0.3, 0.4) is 0 Å². The molecule has 0 amide bonds. The number of nitrogens with one attached hydrogen (secondary N) is 1. The smallest absolute Gasteiger partial charge is 0.0140 e. The van der Waals surface area contributed by atoms with Crippen molar-refractivity contribution in [3.8, 4) is 0 Å². The summed E-state index contributed by atoms with van der Waals surface area (Å²) >= 11 is 0. The summed E-state index contributed by atoms with van der Waals surface area (Å²) in [5.74, 6) is 1.59. The van der Waals surface area contributed by atoms with E-state index in [1.807, 2.05) is 0 Å². The molecule has 4 heteroatoms. The third kappa shape index (κ3) is 4.99. The van der Waals surface area contributed by atoms with Crippen molar-refractivity contribution in [2.75, 3.05) is 6.54 Å². The minimum absolute atomic E-state index is 0. The molecule has 124 valence electrons. The van der Waals surface area contributed by atoms with Gasteiger partial charge in [0.2, 0.25) is 0 Å². The number of hydrogen-bond donors (Lipinski definition) is 2. The van der Waals surface area contributed by atoms with Gasteiger partial charge >= 0.3 is 0 Å². The van der Waals surface area contributed by atoms with Gasteiger partial charge in [-0.1, -0.05) is 48.9 Å². The third-order valence-corrected chi connectivity index (χ3v) is 4.77. The van der Waals surface area contributed by atoms with Crippen molar-refractivity contribution in [1.82, 2.24) is 5.32 Å². The Morgan fingerprint density at radius 1 is 1.18 bits per heavy atom. The van der Waals surface area contributed by atoms with Crippen LogP contribution in [0.4, 0.5) is 0 Å². The Balaban J connectivity index is 0.00000121. The van der Waals surface area contributed by atoms with E-state index in [1.54, 1.807) is 5.57 Å². The molecule has 22 heavy (non-hydrogen) atoms. The molecule has 1 aromatic rings. The standard InChI is InChI=1S/C18H26N2.2ClH/c1-2-15(8-13-6-4-3-5-7-13)17-11-18(17)20-12-14-9-16(19)10-14;;/h3-8,14,16-18,20H,2,9-12,19H2,1H3;2*1H/b15-8+;;/t14-,16-,17?,18?;;. The summed E-state index contributed by atoms with van der Waals surface area (Å²) in [7, 11) is 0. The average Bonchev–Trinajstić information content (AvgIpc) is 3.20. The van der Waals surface area contributed by atoms with Crippen LogP contribution in [-0.4, -0.2) is 18.6 Å². The zero-order valence-electron chi connectivity index (χ0n) is 13.2. The SMILES string of the molecule is CC/C(=C\c1ccccc1)C1CC1NC[C@H]1C[C@H](N)C1.Cl.Cl. The summed E-state index contributed by atoms with van der Waals surface area (Å²) in [6.07, 6.45) is 7.28. The molecule has 2 saturated carbocycles. The van der Waals surface area contributed by atoms with Crippen LogP contribution in [0.1, 0.15) is 38.2 Å². The molecular formula is C18H28Cl2N2. The minimum Gasteiger partial charge on any atom is -0.328 e. The lowest BCUT2D eigenvalue weighted by molar-refractivity contribution is 0.255. The topological polar surface area (TPSA) is 38.0 Å². The molecule has 0 saturated heterocycles. The molecule has 0 radical (unpaired) electrons. The Hall–Kier alpha value is -0.540. The molecule has 2 aliphatic rings. The largest absolute Gasteiger partial charge is 0.328 e. The van der Waals surface area contributed by atoms with Gasteiger partial charge in [-0.3, -0.25) is 0 Å². The number of benzene rings is 1. The van der Waals surface area contributed by atoms with Crippen molar-refractivity contribution in [2.45, 2.75) is 44.7 Å². The van der Waals surface area contributed by atoms with Crippen LogP contribution >= 0.6 is 24.8 Å². The second kappa shape index (κ2) is 8.93. The lowest BCUT2D eigenvalue weighted by Crippen LogP contribution is -2.42. The molecule has 0 aromatic heterocycles. The zero-order chi connectivity index (χ0) is 13.9. The highest BCUT2D eigenvalue weighted by Gasteiger charge is 2.39. The Morgan fingerprint density at radius 3 is 2.45 bits per heavy atom. The molecule has 0 heterocycles. The minimum atomic E-state index is 0. The number of hydrogen-bond acceptors (Lipinski definition) is 2. The summed E-state index contributed by atoms with van der Waals surface area (Å²) in [4.78, 5) is 0. The first-order valence-electron chi connectivity index (χ1n) is 8.00. The molecule has 0 bridgehead atoms. The summed E-state index contributed by atoms with van der Waals surface area (Å²) in [6, 6.07) is 11.9. The van der Waals surface area contributed by atoms with E-state index in [2.05, 4.69) is 48.6 Å². The highest BCUT2D eigenvalue weighted by molar-refractivity contribution is 5.85. The normalized spacial score (nSPS) is 29.8. The van der Waals surface area contributed by atoms with E-state index in [1.165, 1.54) is 24.8 Å². The first-order chi connectivity index (χ1) is 9.76. The molecular weight excluding hydrogens is 315 g/mol. The molecule has 3 rings (SSSR count). The van der Waals surface area contributed by atoms with Crippen molar-refractivity contribution in [3.05, 3.63) is 41.5 Å². The lowest BCUT2D eigenvalue weighted by atomic mass is 9.81. The molecule has 0 spiro atoms. The van der Waals surface area contributed by atoms with Gasteiger partial charge in [0.15, 0.2) is 0 Å². The second-order valence-corrected chi connectivity index (χ2v) is 6.44. The molecule has 2 aliphatic carbocycles. The third-order valence-electron chi connectivity index (χ3n) is 4.77. The molecule has 2 fully saturated rings. The number of nitrogens with two attached hydrogens (primary N) is 1. The van der Waals surface area contributed by atoms with Crippen LogP contribution in [0.2, 0.25) is 0 Å². The first-order valence-corrected chi connectivity index (χ1v) is 8.00. The molecule has 2 atom stereocenters. The average molecular weight is 343 g/mol. The highest BCUT2D eigenvalue weighted by atomic mass is 35.5. The quantitative estimate of drug-likeness (QED) is 0.818. The maximum Gasteiger partial charge on any atom is 0.0140 e. The fourth-order valence-corrected chi connectivity index (χ4v) is 3.34. The van der Waals surface area contributed by atoms with Crippen molar-refractivity contribution in [1.29, 1.82) is 0 Å². The predicted octanol–water partition coefficient (Wildman–Crippen LogP) is 4.04. The maximum atomic E-state index is 5.84. The summed E-state index contributed by atoms with van der Waals surface area (Å²) < 4.78 is 0. The van der Waals surface area contributed by atoms with Crippen molar-refractivity contribution in [2.24, 2.45) is 17.6 Å². The highest BCUT2D eigenvalue weighted by Crippen LogP contribution is 2.40. The van der Waals surface area contributed by atoms with Gasteiger partial charge in [-0.15, -0.1) is 24.8 Å². The van der Waals surface area contributed by atoms with Gasteiger partial charge in [0, 0.05) is 12.1 Å². The van der Waals surface area contributed by atoms with Gasteiger partial charge in [0.05, 0.1) is 0 Å². The van der Waals surface area contributed by atoms with Crippen LogP contribution in [0.25, 0.3) is 6.08 Å². The van der Waals surface area contributed by atoms with E-state index < -0.39 is 0 Å². The number of rotatable bonds is 6. The van der Waals surface area contributed by atoms with Gasteiger partial charge in [-0.05, 0) is 49.6 Å². The summed E-state index contributed by atoms with van der Waals surface area (Å²) in [5.41, 5.74) is 8.77. The Bertz CT molecular complexity index is 469. The van der Waals surface area contributed by atoms with Crippen molar-refractivity contribution in [3.63, 3.8) is 0 Å². The first kappa shape index (κ1) is 19.5. The van der Waals surface area contributed by atoms with Crippen LogP contribution < -0.4 is 11.1 Å². The van der Waals surface area contributed by atoms with E-state index in [0.717, 1.165) is 24.8 Å². The van der Waals surface area contributed by atoms with E-state index in [0.29, 0.717) is 12.1 Å². The van der Waals surface area contributed by atoms with Crippen LogP contribution in [0.15, 0.2) is 35.9 Å². The Morgan fingerprint density at radius 2 is 1.86 bits per heavy atom. The molecule has 3 N–H and O–H groups in total.